The first-order valence-corrected chi connectivity index (χ1v) is 7.24. The summed E-state index contributed by atoms with van der Waals surface area (Å²) in [5, 5.41) is 0. The Bertz CT molecular complexity index is 327. The van der Waals surface area contributed by atoms with E-state index in [1.54, 1.807) is 4.31 Å². The topological polar surface area (TPSA) is 66.6 Å². The highest BCUT2D eigenvalue weighted by Gasteiger charge is 2.40. The van der Waals surface area contributed by atoms with Crippen molar-refractivity contribution in [1.82, 2.24) is 8.61 Å². The van der Waals surface area contributed by atoms with Crippen molar-refractivity contribution in [2.75, 3.05) is 32.7 Å². The minimum absolute atomic E-state index is 0.0553. The number of nitrogens with two attached hydrogens (primary N) is 1. The molecule has 1 saturated heterocycles. The molecule has 0 amide bonds. The Morgan fingerprint density at radius 3 is 2.31 bits per heavy atom. The summed E-state index contributed by atoms with van der Waals surface area (Å²) in [6.45, 7) is 8.48. The molecule has 1 heterocycles. The smallest absolute Gasteiger partial charge is 0.281 e. The normalized spacial score (nSPS) is 27.8. The molecule has 0 aromatic carbocycles. The van der Waals surface area contributed by atoms with E-state index in [0.717, 1.165) is 6.42 Å². The average molecular weight is 249 g/mol. The van der Waals surface area contributed by atoms with E-state index in [0.29, 0.717) is 32.7 Å². The van der Waals surface area contributed by atoms with Crippen LogP contribution in [0.2, 0.25) is 0 Å². The van der Waals surface area contributed by atoms with Gasteiger partial charge in [-0.05, 0) is 18.4 Å². The predicted octanol–water partition coefficient (Wildman–Crippen LogP) is 0.244. The molecule has 2 N–H and O–H groups in total. The van der Waals surface area contributed by atoms with Crippen molar-refractivity contribution in [1.29, 1.82) is 0 Å². The van der Waals surface area contributed by atoms with Crippen LogP contribution in [0.25, 0.3) is 0 Å². The third-order valence-corrected chi connectivity index (χ3v) is 5.51. The van der Waals surface area contributed by atoms with Crippen LogP contribution < -0.4 is 5.73 Å². The van der Waals surface area contributed by atoms with E-state index in [4.69, 9.17) is 5.73 Å². The van der Waals surface area contributed by atoms with E-state index in [9.17, 15) is 8.42 Å². The van der Waals surface area contributed by atoms with E-state index in [1.165, 1.54) is 4.31 Å². The molecule has 0 aromatic heterocycles. The molecule has 1 fully saturated rings. The van der Waals surface area contributed by atoms with Gasteiger partial charge in [-0.25, -0.2) is 0 Å². The van der Waals surface area contributed by atoms with Gasteiger partial charge in [0.1, 0.15) is 0 Å². The van der Waals surface area contributed by atoms with Gasteiger partial charge < -0.3 is 5.73 Å². The Hall–Kier alpha value is -0.170. The van der Waals surface area contributed by atoms with Crippen LogP contribution in [-0.4, -0.2) is 49.8 Å². The first-order valence-electron chi connectivity index (χ1n) is 5.85. The van der Waals surface area contributed by atoms with Gasteiger partial charge >= 0.3 is 0 Å². The van der Waals surface area contributed by atoms with Gasteiger partial charge in [0.25, 0.3) is 10.2 Å². The maximum atomic E-state index is 12.2. The molecule has 0 aromatic rings. The van der Waals surface area contributed by atoms with Gasteiger partial charge in [0.2, 0.25) is 0 Å². The SMILES string of the molecule is CCN(CC)S(=O)(=O)N1CCC(C)(CN)C1. The van der Waals surface area contributed by atoms with E-state index in [2.05, 4.69) is 0 Å². The van der Waals surface area contributed by atoms with Gasteiger partial charge in [0.15, 0.2) is 0 Å². The predicted molar refractivity (Wildman–Crippen MR) is 65.2 cm³/mol. The van der Waals surface area contributed by atoms with Gasteiger partial charge in [-0.2, -0.15) is 17.0 Å². The van der Waals surface area contributed by atoms with Crippen molar-refractivity contribution < 1.29 is 8.42 Å². The molecule has 6 heteroatoms. The lowest BCUT2D eigenvalue weighted by molar-refractivity contribution is 0.330. The molecule has 1 aliphatic heterocycles. The van der Waals surface area contributed by atoms with Crippen molar-refractivity contribution >= 4 is 10.2 Å². The summed E-state index contributed by atoms with van der Waals surface area (Å²) < 4.78 is 27.5. The molecule has 1 atom stereocenters. The largest absolute Gasteiger partial charge is 0.330 e. The highest BCUT2D eigenvalue weighted by atomic mass is 32.2. The standard InChI is InChI=1S/C10H23N3O2S/c1-4-12(5-2)16(14,15)13-7-6-10(3,8-11)9-13/h4-9,11H2,1-3H3. The van der Waals surface area contributed by atoms with E-state index in [-0.39, 0.29) is 5.41 Å². The Labute approximate surface area is 98.8 Å². The summed E-state index contributed by atoms with van der Waals surface area (Å²) in [5.41, 5.74) is 5.62. The maximum absolute atomic E-state index is 12.2. The van der Waals surface area contributed by atoms with Crippen LogP contribution >= 0.6 is 0 Å². The third-order valence-electron chi connectivity index (χ3n) is 3.37. The first kappa shape index (κ1) is 13.9. The number of hydrogen-bond acceptors (Lipinski definition) is 3. The zero-order chi connectivity index (χ0) is 12.4. The van der Waals surface area contributed by atoms with Gasteiger partial charge in [0.05, 0.1) is 0 Å². The third kappa shape index (κ3) is 2.56. The molecular formula is C10H23N3O2S. The van der Waals surface area contributed by atoms with Crippen LogP contribution in [-0.2, 0) is 10.2 Å². The van der Waals surface area contributed by atoms with Crippen molar-refractivity contribution in [2.24, 2.45) is 11.1 Å². The molecule has 1 rings (SSSR count). The van der Waals surface area contributed by atoms with Crippen LogP contribution in [0.4, 0.5) is 0 Å². The second kappa shape index (κ2) is 5.00. The summed E-state index contributed by atoms with van der Waals surface area (Å²) in [5.74, 6) is 0. The molecule has 0 bridgehead atoms. The quantitative estimate of drug-likeness (QED) is 0.759. The lowest BCUT2D eigenvalue weighted by Crippen LogP contribution is -2.43. The Balaban J connectivity index is 2.80. The van der Waals surface area contributed by atoms with E-state index >= 15 is 0 Å². The van der Waals surface area contributed by atoms with E-state index in [1.807, 2.05) is 20.8 Å². The van der Waals surface area contributed by atoms with E-state index < -0.39 is 10.2 Å². The van der Waals surface area contributed by atoms with Crippen LogP contribution in [0.5, 0.6) is 0 Å². The first-order chi connectivity index (χ1) is 7.39. The van der Waals surface area contributed by atoms with Crippen molar-refractivity contribution in [3.8, 4) is 0 Å². The van der Waals surface area contributed by atoms with Crippen LogP contribution in [0.3, 0.4) is 0 Å². The summed E-state index contributed by atoms with van der Waals surface area (Å²) >= 11 is 0. The Morgan fingerprint density at radius 1 is 1.38 bits per heavy atom. The minimum atomic E-state index is -3.27. The van der Waals surface area contributed by atoms with Crippen LogP contribution in [0.15, 0.2) is 0 Å². The van der Waals surface area contributed by atoms with Crippen LogP contribution in [0.1, 0.15) is 27.2 Å². The second-order valence-electron chi connectivity index (χ2n) is 4.69. The molecule has 96 valence electrons. The number of nitrogens with zero attached hydrogens (tertiary/aromatic N) is 2. The molecule has 0 aliphatic carbocycles. The molecular weight excluding hydrogens is 226 g/mol. The zero-order valence-electron chi connectivity index (χ0n) is 10.4. The van der Waals surface area contributed by atoms with Crippen LogP contribution in [0, 0.1) is 5.41 Å². The molecule has 16 heavy (non-hydrogen) atoms. The molecule has 0 radical (unpaired) electrons. The molecule has 1 unspecified atom stereocenters. The molecule has 0 spiro atoms. The van der Waals surface area contributed by atoms with Crippen molar-refractivity contribution in [3.63, 3.8) is 0 Å². The summed E-state index contributed by atoms with van der Waals surface area (Å²) in [6, 6.07) is 0. The highest BCUT2D eigenvalue weighted by Crippen LogP contribution is 2.31. The minimum Gasteiger partial charge on any atom is -0.330 e. The van der Waals surface area contributed by atoms with Gasteiger partial charge in [-0.1, -0.05) is 20.8 Å². The van der Waals surface area contributed by atoms with Gasteiger partial charge in [-0.3, -0.25) is 0 Å². The molecule has 0 saturated carbocycles. The Kier molecular flexibility index (Phi) is 4.34. The second-order valence-corrected chi connectivity index (χ2v) is 6.62. The highest BCUT2D eigenvalue weighted by molar-refractivity contribution is 7.86. The Morgan fingerprint density at radius 2 is 1.94 bits per heavy atom. The summed E-state index contributed by atoms with van der Waals surface area (Å²) in [4.78, 5) is 0. The summed E-state index contributed by atoms with van der Waals surface area (Å²) in [6.07, 6.45) is 0.851. The van der Waals surface area contributed by atoms with Gasteiger partial charge in [-0.15, -0.1) is 0 Å². The summed E-state index contributed by atoms with van der Waals surface area (Å²) in [7, 11) is -3.27. The van der Waals surface area contributed by atoms with Gasteiger partial charge in [0, 0.05) is 26.2 Å². The zero-order valence-corrected chi connectivity index (χ0v) is 11.3. The monoisotopic (exact) mass is 249 g/mol. The number of rotatable bonds is 5. The molecule has 1 aliphatic rings. The fourth-order valence-corrected chi connectivity index (χ4v) is 3.83. The number of hydrogen-bond donors (Lipinski definition) is 1. The maximum Gasteiger partial charge on any atom is 0.281 e. The average Bonchev–Trinajstić information content (AvgIpc) is 2.64. The fraction of sp³-hybridized carbons (Fsp3) is 1.00. The lowest BCUT2D eigenvalue weighted by Gasteiger charge is -2.27. The lowest BCUT2D eigenvalue weighted by atomic mass is 9.90. The molecule has 5 nitrogen and oxygen atoms in total. The fourth-order valence-electron chi connectivity index (χ4n) is 2.06. The van der Waals surface area contributed by atoms with Crippen molar-refractivity contribution in [2.45, 2.75) is 27.2 Å². The van der Waals surface area contributed by atoms with Crippen molar-refractivity contribution in [3.05, 3.63) is 0 Å².